The summed E-state index contributed by atoms with van der Waals surface area (Å²) in [6.45, 7) is 0. The van der Waals surface area contributed by atoms with Crippen LogP contribution in [0.4, 0.5) is 0 Å². The Bertz CT molecular complexity index is 431. The van der Waals surface area contributed by atoms with Gasteiger partial charge in [-0.3, -0.25) is 14.9 Å². The van der Waals surface area contributed by atoms with Crippen molar-refractivity contribution in [2.45, 2.75) is 24.5 Å². The molecule has 2 N–H and O–H groups in total. The predicted octanol–water partition coefficient (Wildman–Crippen LogP) is 1.27. The molecule has 0 bridgehead atoms. The van der Waals surface area contributed by atoms with E-state index >= 15 is 0 Å². The molecular weight excluding hydrogens is 268 g/mol. The molecule has 2 rings (SSSR count). The smallest absolute Gasteiger partial charge is 0.319 e. The number of carboxylic acid groups (broad SMARTS) is 1. The van der Waals surface area contributed by atoms with Crippen molar-refractivity contribution in [2.24, 2.45) is 5.92 Å². The molecule has 0 aromatic rings. The maximum Gasteiger partial charge on any atom is 0.319 e. The highest BCUT2D eigenvalue weighted by Gasteiger charge is 2.53. The number of hydrogen-bond donors (Lipinski definition) is 2. The van der Waals surface area contributed by atoms with Gasteiger partial charge in [0.1, 0.15) is 0 Å². The van der Waals surface area contributed by atoms with E-state index in [2.05, 4.69) is 5.32 Å². The molecule has 1 heterocycles. The van der Waals surface area contributed by atoms with Crippen LogP contribution in [0, 0.1) is 16.0 Å². The van der Waals surface area contributed by atoms with E-state index in [-0.39, 0.29) is 6.04 Å². The maximum atomic E-state index is 11.5. The summed E-state index contributed by atoms with van der Waals surface area (Å²) >= 11 is 1.82. The monoisotopic (exact) mass is 284 g/mol. The molecule has 1 aliphatic heterocycles. The Hall–Kier alpha value is -1.34. The van der Waals surface area contributed by atoms with Crippen LogP contribution in [0.25, 0.3) is 0 Å². The zero-order valence-electron chi connectivity index (χ0n) is 10.3. The molecule has 104 valence electrons. The Morgan fingerprint density at radius 1 is 1.42 bits per heavy atom. The molecule has 0 amide bonds. The zero-order chi connectivity index (χ0) is 13.9. The average molecular weight is 284 g/mol. The van der Waals surface area contributed by atoms with E-state index in [1.807, 2.05) is 11.8 Å². The fourth-order valence-electron chi connectivity index (χ4n) is 2.43. The maximum absolute atomic E-state index is 11.5. The minimum atomic E-state index is -1.73. The number of carboxylic acids is 1. The second-order valence-electron chi connectivity index (χ2n) is 4.67. The van der Waals surface area contributed by atoms with E-state index < -0.39 is 22.5 Å². The van der Waals surface area contributed by atoms with Crippen molar-refractivity contribution < 1.29 is 14.8 Å². The lowest BCUT2D eigenvalue weighted by molar-refractivity contribution is -0.570. The summed E-state index contributed by atoms with van der Waals surface area (Å²) in [6, 6.07) is -0.00958. The van der Waals surface area contributed by atoms with Gasteiger partial charge < -0.3 is 5.11 Å². The zero-order valence-corrected chi connectivity index (χ0v) is 11.1. The molecule has 1 aliphatic carbocycles. The minimum Gasteiger partial charge on any atom is -0.481 e. The van der Waals surface area contributed by atoms with Gasteiger partial charge in [-0.15, -0.1) is 0 Å². The van der Waals surface area contributed by atoms with Crippen molar-refractivity contribution in [3.05, 3.63) is 34.4 Å². The third kappa shape index (κ3) is 2.82. The van der Waals surface area contributed by atoms with Crippen LogP contribution in [-0.4, -0.2) is 39.2 Å². The normalized spacial score (nSPS) is 31.3. The van der Waals surface area contributed by atoms with E-state index in [1.54, 1.807) is 6.08 Å². The molecule has 0 aromatic heterocycles. The van der Waals surface area contributed by atoms with Crippen molar-refractivity contribution in [2.75, 3.05) is 11.5 Å². The topological polar surface area (TPSA) is 92.5 Å². The number of thioether (sulfide) groups is 1. The molecule has 0 radical (unpaired) electrons. The fraction of sp³-hybridized carbons (Fsp3) is 0.583. The Kier molecular flexibility index (Phi) is 4.26. The van der Waals surface area contributed by atoms with Crippen molar-refractivity contribution in [1.82, 2.24) is 5.32 Å². The second-order valence-corrected chi connectivity index (χ2v) is 5.90. The summed E-state index contributed by atoms with van der Waals surface area (Å²) in [5, 5.41) is 23.6. The van der Waals surface area contributed by atoms with Crippen LogP contribution in [0.2, 0.25) is 0 Å². The van der Waals surface area contributed by atoms with Gasteiger partial charge in [0, 0.05) is 17.0 Å². The number of hydrogen-bond acceptors (Lipinski definition) is 5. The number of allylic oxidation sites excluding steroid dienone is 2. The first-order valence-electron chi connectivity index (χ1n) is 6.15. The average Bonchev–Trinajstić information content (AvgIpc) is 2.40. The third-order valence-corrected chi connectivity index (χ3v) is 4.51. The van der Waals surface area contributed by atoms with E-state index in [4.69, 9.17) is 0 Å². The van der Waals surface area contributed by atoms with Crippen LogP contribution in [0.5, 0.6) is 0 Å². The van der Waals surface area contributed by atoms with E-state index in [1.165, 1.54) is 18.2 Å². The molecule has 19 heavy (non-hydrogen) atoms. The number of aliphatic carboxylic acids is 1. The van der Waals surface area contributed by atoms with Crippen LogP contribution < -0.4 is 5.32 Å². The number of nitrogens with one attached hydrogen (secondary N) is 1. The highest BCUT2D eigenvalue weighted by Crippen LogP contribution is 2.29. The molecule has 7 heteroatoms. The highest BCUT2D eigenvalue weighted by atomic mass is 32.2. The Morgan fingerprint density at radius 3 is 2.68 bits per heavy atom. The first-order chi connectivity index (χ1) is 9.06. The van der Waals surface area contributed by atoms with E-state index in [9.17, 15) is 20.0 Å². The lowest BCUT2D eigenvalue weighted by Crippen LogP contribution is -2.61. The fourth-order valence-corrected chi connectivity index (χ4v) is 3.54. The molecule has 2 atom stereocenters. The predicted molar refractivity (Wildman–Crippen MR) is 72.6 cm³/mol. The Morgan fingerprint density at radius 2 is 2.11 bits per heavy atom. The Balaban J connectivity index is 2.25. The standard InChI is InChI=1S/C12H16N2O4S/c15-11(16)10-3-1-2-6-12(10,14(17)18)13-9-4-7-19-8-5-9/h1-3,6,9-10,13H,4-5,7-8H2,(H,15,16). The van der Waals surface area contributed by atoms with Crippen LogP contribution in [-0.2, 0) is 4.79 Å². The molecular formula is C12H16N2O4S. The summed E-state index contributed by atoms with van der Waals surface area (Å²) in [5.74, 6) is -0.469. The van der Waals surface area contributed by atoms with Crippen molar-refractivity contribution in [3.63, 3.8) is 0 Å². The van der Waals surface area contributed by atoms with Gasteiger partial charge in [0.2, 0.25) is 0 Å². The lowest BCUT2D eigenvalue weighted by Gasteiger charge is -2.34. The van der Waals surface area contributed by atoms with Gasteiger partial charge in [0.05, 0.1) is 0 Å². The summed E-state index contributed by atoms with van der Waals surface area (Å²) in [6.07, 6.45) is 7.45. The van der Waals surface area contributed by atoms with Crippen LogP contribution in [0.15, 0.2) is 24.3 Å². The lowest BCUT2D eigenvalue weighted by atomic mass is 9.87. The molecule has 6 nitrogen and oxygen atoms in total. The second kappa shape index (κ2) is 5.75. The van der Waals surface area contributed by atoms with Crippen LogP contribution in [0.1, 0.15) is 12.8 Å². The number of carbonyl (C=O) groups is 1. The molecule has 2 unspecified atom stereocenters. The van der Waals surface area contributed by atoms with E-state index in [0.717, 1.165) is 24.3 Å². The molecule has 1 saturated heterocycles. The van der Waals surface area contributed by atoms with Gasteiger partial charge in [-0.05, 0) is 24.3 Å². The van der Waals surface area contributed by atoms with E-state index in [0.29, 0.717) is 0 Å². The largest absolute Gasteiger partial charge is 0.481 e. The highest BCUT2D eigenvalue weighted by molar-refractivity contribution is 7.99. The molecule has 0 aromatic carbocycles. The Labute approximate surface area is 115 Å². The third-order valence-electron chi connectivity index (χ3n) is 3.46. The summed E-state index contributed by atoms with van der Waals surface area (Å²) in [4.78, 5) is 22.2. The quantitative estimate of drug-likeness (QED) is 0.459. The van der Waals surface area contributed by atoms with Gasteiger partial charge in [0.15, 0.2) is 5.92 Å². The summed E-state index contributed by atoms with van der Waals surface area (Å²) < 4.78 is 0. The van der Waals surface area contributed by atoms with Crippen LogP contribution in [0.3, 0.4) is 0 Å². The van der Waals surface area contributed by atoms with Crippen molar-refractivity contribution >= 4 is 17.7 Å². The minimum absolute atomic E-state index is 0.00958. The van der Waals surface area contributed by atoms with Crippen LogP contribution >= 0.6 is 11.8 Å². The first kappa shape index (κ1) is 14.1. The molecule has 2 aliphatic rings. The number of nitro groups is 1. The summed E-state index contributed by atoms with van der Waals surface area (Å²) in [5.41, 5.74) is -1.73. The number of nitrogens with zero attached hydrogens (tertiary/aromatic N) is 1. The van der Waals surface area contributed by atoms with Gasteiger partial charge in [0.25, 0.3) is 0 Å². The van der Waals surface area contributed by atoms with Gasteiger partial charge >= 0.3 is 11.6 Å². The van der Waals surface area contributed by atoms with Gasteiger partial charge in [-0.2, -0.15) is 11.8 Å². The summed E-state index contributed by atoms with van der Waals surface area (Å²) in [7, 11) is 0. The van der Waals surface area contributed by atoms with Gasteiger partial charge in [-0.25, -0.2) is 5.32 Å². The van der Waals surface area contributed by atoms with Crippen molar-refractivity contribution in [1.29, 1.82) is 0 Å². The van der Waals surface area contributed by atoms with Gasteiger partial charge in [-0.1, -0.05) is 18.2 Å². The SMILES string of the molecule is O=C(O)C1C=CC=CC1(NC1CCSCC1)[N+](=O)[O-]. The number of rotatable bonds is 4. The van der Waals surface area contributed by atoms with Crippen molar-refractivity contribution in [3.8, 4) is 0 Å². The first-order valence-corrected chi connectivity index (χ1v) is 7.30. The molecule has 0 spiro atoms. The molecule has 1 fully saturated rings. The molecule has 0 saturated carbocycles.